The van der Waals surface area contributed by atoms with Crippen LogP contribution in [0, 0.1) is 5.82 Å². The zero-order valence-corrected chi connectivity index (χ0v) is 23.1. The van der Waals surface area contributed by atoms with Gasteiger partial charge in [-0.1, -0.05) is 32.0 Å². The lowest BCUT2D eigenvalue weighted by Gasteiger charge is -2.47. The monoisotopic (exact) mass is 554 g/mol. The van der Waals surface area contributed by atoms with E-state index in [1.54, 1.807) is 47.3 Å². The largest absolute Gasteiger partial charge is 0.475 e. The number of ether oxygens (including phenoxy) is 1. The number of benzene rings is 2. The molecule has 9 nitrogen and oxygen atoms in total. The standard InChI is InChI=1S/C31H31FN6O3/c1-18(2)34-9-10-41-28-24(33)11-20(14-36-28)21-12-22-25(13-23(21)32)35-15-26-27(22)31(30(40)37(26)3)16-38(17-31)29(39)19-7-5-4-6-8-19/h4-8,11-15,18,34H,9-10,16-17,33H2,1-3H3. The van der Waals surface area contributed by atoms with E-state index in [2.05, 4.69) is 15.3 Å². The molecule has 210 valence electrons. The summed E-state index contributed by atoms with van der Waals surface area (Å²) in [5.41, 5.74) is 8.77. The van der Waals surface area contributed by atoms with Crippen molar-refractivity contribution in [2.75, 3.05) is 43.9 Å². The molecule has 2 aliphatic heterocycles. The first-order valence-electron chi connectivity index (χ1n) is 13.6. The van der Waals surface area contributed by atoms with E-state index >= 15 is 4.39 Å². The number of hydrogen-bond donors (Lipinski definition) is 2. The molecule has 0 atom stereocenters. The zero-order valence-electron chi connectivity index (χ0n) is 23.1. The predicted molar refractivity (Wildman–Crippen MR) is 155 cm³/mol. The molecule has 3 N–H and O–H groups in total. The molecule has 0 radical (unpaired) electrons. The Hall–Kier alpha value is -4.57. The number of nitrogens with zero attached hydrogens (tertiary/aromatic N) is 4. The summed E-state index contributed by atoms with van der Waals surface area (Å²) in [4.78, 5) is 38.8. The van der Waals surface area contributed by atoms with Gasteiger partial charge in [0, 0.05) is 72.6 Å². The second kappa shape index (κ2) is 10.1. The lowest BCUT2D eigenvalue weighted by Crippen LogP contribution is -2.65. The molecule has 2 aliphatic rings. The Morgan fingerprint density at radius 2 is 1.90 bits per heavy atom. The van der Waals surface area contributed by atoms with Gasteiger partial charge in [-0.15, -0.1) is 0 Å². The molecule has 1 saturated heterocycles. The maximum Gasteiger partial charge on any atom is 0.253 e. The van der Waals surface area contributed by atoms with E-state index in [0.29, 0.717) is 52.6 Å². The molecular formula is C31H31FN6O3. The van der Waals surface area contributed by atoms with Crippen molar-refractivity contribution in [3.63, 3.8) is 0 Å². The molecule has 41 heavy (non-hydrogen) atoms. The molecule has 6 rings (SSSR count). The minimum atomic E-state index is -0.927. The van der Waals surface area contributed by atoms with Gasteiger partial charge < -0.3 is 25.6 Å². The number of nitrogen functional groups attached to an aromatic ring is 1. The number of nitrogens with one attached hydrogen (secondary N) is 1. The molecule has 0 bridgehead atoms. The summed E-state index contributed by atoms with van der Waals surface area (Å²) < 4.78 is 21.1. The summed E-state index contributed by atoms with van der Waals surface area (Å²) in [5, 5.41) is 3.91. The number of carbonyl (C=O) groups excluding carboxylic acids is 2. The summed E-state index contributed by atoms with van der Waals surface area (Å²) in [6.45, 7) is 5.59. The van der Waals surface area contributed by atoms with Gasteiger partial charge in [0.25, 0.3) is 5.91 Å². The Kier molecular flexibility index (Phi) is 6.57. The Morgan fingerprint density at radius 3 is 2.61 bits per heavy atom. The number of fused-ring (bicyclic) bond motifs is 4. The van der Waals surface area contributed by atoms with Gasteiger partial charge >= 0.3 is 0 Å². The third-order valence-electron chi connectivity index (χ3n) is 7.80. The van der Waals surface area contributed by atoms with Crippen molar-refractivity contribution >= 4 is 34.1 Å². The Labute approximate surface area is 237 Å². The van der Waals surface area contributed by atoms with Crippen molar-refractivity contribution < 1.29 is 18.7 Å². The fraction of sp³-hybridized carbons (Fsp3) is 0.290. The number of aromatic nitrogens is 2. The molecular weight excluding hydrogens is 523 g/mol. The van der Waals surface area contributed by atoms with E-state index in [1.165, 1.54) is 12.3 Å². The van der Waals surface area contributed by atoms with Gasteiger partial charge in [-0.3, -0.25) is 14.6 Å². The van der Waals surface area contributed by atoms with Gasteiger partial charge in [-0.05, 0) is 24.3 Å². The van der Waals surface area contributed by atoms with Crippen LogP contribution in [-0.2, 0) is 10.2 Å². The molecule has 2 amide bonds. The highest BCUT2D eigenvalue weighted by Gasteiger charge is 2.59. The average Bonchev–Trinajstić information content (AvgIpc) is 3.17. The molecule has 4 aromatic rings. The minimum Gasteiger partial charge on any atom is -0.475 e. The van der Waals surface area contributed by atoms with Crippen LogP contribution in [0.3, 0.4) is 0 Å². The number of rotatable bonds is 7. The van der Waals surface area contributed by atoms with Crippen LogP contribution >= 0.6 is 0 Å². The SMILES string of the molecule is CC(C)NCCOc1ncc(-c2cc3c4c(cnc3cc2F)N(C)C(=O)C42CN(C(=O)c3ccccc3)C2)cc1N. The maximum absolute atomic E-state index is 15.4. The van der Waals surface area contributed by atoms with Gasteiger partial charge in [-0.2, -0.15) is 0 Å². The van der Waals surface area contributed by atoms with Crippen LogP contribution in [0.25, 0.3) is 22.0 Å². The van der Waals surface area contributed by atoms with Crippen LogP contribution in [0.1, 0.15) is 29.8 Å². The molecule has 0 aliphatic carbocycles. The van der Waals surface area contributed by atoms with Crippen LogP contribution in [0.15, 0.2) is 60.9 Å². The van der Waals surface area contributed by atoms with E-state index in [1.807, 2.05) is 32.0 Å². The quantitative estimate of drug-likeness (QED) is 0.335. The van der Waals surface area contributed by atoms with Gasteiger partial charge in [0.15, 0.2) is 0 Å². The minimum absolute atomic E-state index is 0.107. The number of pyridine rings is 2. The molecule has 2 aromatic carbocycles. The highest BCUT2D eigenvalue weighted by Crippen LogP contribution is 2.50. The van der Waals surface area contributed by atoms with Crippen molar-refractivity contribution in [1.29, 1.82) is 0 Å². The van der Waals surface area contributed by atoms with Crippen molar-refractivity contribution in [1.82, 2.24) is 20.2 Å². The van der Waals surface area contributed by atoms with E-state index in [0.717, 1.165) is 5.56 Å². The van der Waals surface area contributed by atoms with Crippen molar-refractivity contribution in [2.45, 2.75) is 25.3 Å². The molecule has 1 fully saturated rings. The van der Waals surface area contributed by atoms with Gasteiger partial charge in [0.05, 0.1) is 23.1 Å². The first-order chi connectivity index (χ1) is 19.7. The molecule has 0 unspecified atom stereocenters. The molecule has 0 saturated carbocycles. The normalized spacial score (nSPS) is 15.5. The topological polar surface area (TPSA) is 114 Å². The number of carbonyl (C=O) groups is 2. The first kappa shape index (κ1) is 26.6. The Bertz CT molecular complexity index is 1670. The lowest BCUT2D eigenvalue weighted by molar-refractivity contribution is -0.127. The van der Waals surface area contributed by atoms with Crippen LogP contribution in [0.5, 0.6) is 5.88 Å². The van der Waals surface area contributed by atoms with E-state index in [-0.39, 0.29) is 36.3 Å². The van der Waals surface area contributed by atoms with Crippen LogP contribution < -0.4 is 20.7 Å². The smallest absolute Gasteiger partial charge is 0.253 e. The van der Waals surface area contributed by atoms with Gasteiger partial charge in [-0.25, -0.2) is 9.37 Å². The summed E-state index contributed by atoms with van der Waals surface area (Å²) >= 11 is 0. The number of halogens is 1. The molecule has 4 heterocycles. The summed E-state index contributed by atoms with van der Waals surface area (Å²) in [6, 6.07) is 14.0. The summed E-state index contributed by atoms with van der Waals surface area (Å²) in [5.74, 6) is -0.438. The number of anilines is 2. The van der Waals surface area contributed by atoms with Gasteiger partial charge in [0.1, 0.15) is 17.8 Å². The van der Waals surface area contributed by atoms with E-state index in [4.69, 9.17) is 10.5 Å². The fourth-order valence-corrected chi connectivity index (χ4v) is 5.76. The second-order valence-electron chi connectivity index (χ2n) is 10.9. The third-order valence-corrected chi connectivity index (χ3v) is 7.80. The third kappa shape index (κ3) is 4.44. The van der Waals surface area contributed by atoms with Gasteiger partial charge in [0.2, 0.25) is 11.8 Å². The maximum atomic E-state index is 15.4. The second-order valence-corrected chi connectivity index (χ2v) is 10.9. The number of likely N-dealkylation sites (tertiary alicyclic amines) is 1. The van der Waals surface area contributed by atoms with Crippen LogP contribution in [0.4, 0.5) is 15.8 Å². The Morgan fingerprint density at radius 1 is 1.15 bits per heavy atom. The van der Waals surface area contributed by atoms with E-state index in [9.17, 15) is 9.59 Å². The zero-order chi connectivity index (χ0) is 28.9. The van der Waals surface area contributed by atoms with Crippen LogP contribution in [-0.4, -0.2) is 66.0 Å². The van der Waals surface area contributed by atoms with Crippen molar-refractivity contribution in [3.05, 3.63) is 77.9 Å². The number of hydrogen-bond acceptors (Lipinski definition) is 7. The Balaban J connectivity index is 1.35. The highest BCUT2D eigenvalue weighted by atomic mass is 19.1. The average molecular weight is 555 g/mol. The molecule has 2 aromatic heterocycles. The van der Waals surface area contributed by atoms with Crippen molar-refractivity contribution in [2.24, 2.45) is 0 Å². The molecule has 10 heteroatoms. The predicted octanol–water partition coefficient (Wildman–Crippen LogP) is 3.77. The number of nitrogens with two attached hydrogens (primary N) is 1. The highest BCUT2D eigenvalue weighted by molar-refractivity contribution is 6.14. The fourth-order valence-electron chi connectivity index (χ4n) is 5.76. The number of likely N-dealkylation sites (N-methyl/N-ethyl adjacent to an activating group) is 1. The van der Waals surface area contributed by atoms with Crippen LogP contribution in [0.2, 0.25) is 0 Å². The molecule has 1 spiro atoms. The lowest BCUT2D eigenvalue weighted by atomic mass is 9.73. The first-order valence-corrected chi connectivity index (χ1v) is 13.6. The van der Waals surface area contributed by atoms with E-state index < -0.39 is 11.2 Å². The van der Waals surface area contributed by atoms with Crippen molar-refractivity contribution in [3.8, 4) is 17.0 Å². The summed E-state index contributed by atoms with van der Waals surface area (Å²) in [7, 11) is 1.70. The number of amides is 2. The summed E-state index contributed by atoms with van der Waals surface area (Å²) in [6.07, 6.45) is 3.13.